The van der Waals surface area contributed by atoms with E-state index in [1.54, 1.807) is 17.5 Å². The fourth-order valence-corrected chi connectivity index (χ4v) is 1.39. The molecule has 0 amide bonds. The zero-order valence-electron chi connectivity index (χ0n) is 6.35. The van der Waals surface area contributed by atoms with Crippen LogP contribution in [0.5, 0.6) is 0 Å². The smallest absolute Gasteiger partial charge is 0.359 e. The molecule has 0 unspecified atom stereocenters. The molecule has 12 heavy (non-hydrogen) atoms. The Balaban J connectivity index is 2.96. The lowest BCUT2D eigenvalue weighted by atomic mass is 10.3. The molecule has 0 radical (unpaired) electrons. The molecule has 1 aromatic rings. The lowest BCUT2D eigenvalue weighted by molar-refractivity contribution is -0.129. The monoisotopic (exact) mass is 185 g/mol. The van der Waals surface area contributed by atoms with Crippen molar-refractivity contribution in [2.24, 2.45) is 5.16 Å². The van der Waals surface area contributed by atoms with Crippen molar-refractivity contribution < 1.29 is 14.7 Å². The first-order valence-electron chi connectivity index (χ1n) is 3.14. The zero-order chi connectivity index (χ0) is 8.97. The SMILES string of the molecule is CON=C(C(=O)O)c1cccs1. The zero-order valence-corrected chi connectivity index (χ0v) is 7.17. The van der Waals surface area contributed by atoms with Crippen LogP contribution in [0, 0.1) is 0 Å². The van der Waals surface area contributed by atoms with Gasteiger partial charge in [-0.3, -0.25) is 0 Å². The second-order valence-corrected chi connectivity index (χ2v) is 2.85. The Morgan fingerprint density at radius 3 is 2.92 bits per heavy atom. The van der Waals surface area contributed by atoms with Crippen molar-refractivity contribution in [3.8, 4) is 0 Å². The highest BCUT2D eigenvalue weighted by atomic mass is 32.1. The van der Waals surface area contributed by atoms with Crippen LogP contribution >= 0.6 is 11.3 Å². The summed E-state index contributed by atoms with van der Waals surface area (Å²) < 4.78 is 0. The fourth-order valence-electron chi connectivity index (χ4n) is 0.694. The molecular weight excluding hydrogens is 178 g/mol. The van der Waals surface area contributed by atoms with Crippen molar-refractivity contribution in [1.29, 1.82) is 0 Å². The third-order valence-corrected chi connectivity index (χ3v) is 2.02. The molecule has 64 valence electrons. The maximum absolute atomic E-state index is 10.6. The first-order valence-corrected chi connectivity index (χ1v) is 4.02. The summed E-state index contributed by atoms with van der Waals surface area (Å²) in [5, 5.41) is 13.8. The summed E-state index contributed by atoms with van der Waals surface area (Å²) in [4.78, 5) is 15.6. The van der Waals surface area contributed by atoms with Crippen molar-refractivity contribution in [2.75, 3.05) is 7.11 Å². The van der Waals surface area contributed by atoms with E-state index in [2.05, 4.69) is 9.99 Å². The van der Waals surface area contributed by atoms with Gasteiger partial charge in [-0.1, -0.05) is 11.2 Å². The van der Waals surface area contributed by atoms with E-state index in [1.165, 1.54) is 18.4 Å². The van der Waals surface area contributed by atoms with Crippen LogP contribution in [0.4, 0.5) is 0 Å². The Labute approximate surface area is 73.1 Å². The molecular formula is C7H7NO3S. The number of carboxylic acid groups (broad SMARTS) is 1. The molecule has 0 atom stereocenters. The second-order valence-electron chi connectivity index (χ2n) is 1.90. The van der Waals surface area contributed by atoms with E-state index >= 15 is 0 Å². The van der Waals surface area contributed by atoms with Crippen LogP contribution in [-0.4, -0.2) is 23.9 Å². The van der Waals surface area contributed by atoms with E-state index in [0.717, 1.165) is 0 Å². The summed E-state index contributed by atoms with van der Waals surface area (Å²) in [6, 6.07) is 3.44. The van der Waals surface area contributed by atoms with Crippen molar-refractivity contribution in [2.45, 2.75) is 0 Å². The van der Waals surface area contributed by atoms with Gasteiger partial charge in [-0.15, -0.1) is 11.3 Å². The van der Waals surface area contributed by atoms with E-state index in [0.29, 0.717) is 4.88 Å². The van der Waals surface area contributed by atoms with Crippen LogP contribution in [0.3, 0.4) is 0 Å². The number of aliphatic carboxylic acids is 1. The summed E-state index contributed by atoms with van der Waals surface area (Å²) in [5.74, 6) is -1.08. The summed E-state index contributed by atoms with van der Waals surface area (Å²) in [6.45, 7) is 0. The van der Waals surface area contributed by atoms with Crippen LogP contribution in [0.25, 0.3) is 0 Å². The normalized spacial score (nSPS) is 11.2. The van der Waals surface area contributed by atoms with Gasteiger partial charge in [0, 0.05) is 0 Å². The third-order valence-electron chi connectivity index (χ3n) is 1.14. The standard InChI is InChI=1S/C7H7NO3S/c1-11-8-6(7(9)10)5-3-2-4-12-5/h2-4H,1H3,(H,9,10). The minimum absolute atomic E-state index is 0.0625. The lowest BCUT2D eigenvalue weighted by Crippen LogP contribution is -2.13. The highest BCUT2D eigenvalue weighted by Gasteiger charge is 2.13. The van der Waals surface area contributed by atoms with Gasteiger partial charge in [0.05, 0.1) is 4.88 Å². The molecule has 0 aliphatic heterocycles. The Morgan fingerprint density at radius 1 is 1.75 bits per heavy atom. The van der Waals surface area contributed by atoms with E-state index < -0.39 is 5.97 Å². The molecule has 0 bridgehead atoms. The van der Waals surface area contributed by atoms with Gasteiger partial charge in [-0.05, 0) is 11.4 Å². The highest BCUT2D eigenvalue weighted by molar-refractivity contribution is 7.13. The van der Waals surface area contributed by atoms with Crippen LogP contribution in [0.1, 0.15) is 4.88 Å². The number of hydrogen-bond donors (Lipinski definition) is 1. The predicted molar refractivity (Wildman–Crippen MR) is 45.5 cm³/mol. The van der Waals surface area contributed by atoms with E-state index in [4.69, 9.17) is 5.11 Å². The average molecular weight is 185 g/mol. The van der Waals surface area contributed by atoms with E-state index in [1.807, 2.05) is 0 Å². The van der Waals surface area contributed by atoms with Gasteiger partial charge in [0.15, 0.2) is 0 Å². The molecule has 5 heteroatoms. The molecule has 4 nitrogen and oxygen atoms in total. The van der Waals surface area contributed by atoms with Crippen molar-refractivity contribution >= 4 is 23.0 Å². The van der Waals surface area contributed by atoms with Crippen molar-refractivity contribution in [3.05, 3.63) is 22.4 Å². The molecule has 1 heterocycles. The second kappa shape index (κ2) is 3.87. The van der Waals surface area contributed by atoms with Gasteiger partial charge in [0.1, 0.15) is 7.11 Å². The number of nitrogens with zero attached hydrogens (tertiary/aromatic N) is 1. The molecule has 1 rings (SSSR count). The Bertz CT molecular complexity index is 292. The van der Waals surface area contributed by atoms with Gasteiger partial charge >= 0.3 is 5.97 Å². The molecule has 0 aliphatic rings. The summed E-state index contributed by atoms with van der Waals surface area (Å²) >= 11 is 1.31. The summed E-state index contributed by atoms with van der Waals surface area (Å²) in [6.07, 6.45) is 0. The Hall–Kier alpha value is -1.36. The van der Waals surface area contributed by atoms with Crippen LogP contribution in [0.2, 0.25) is 0 Å². The average Bonchev–Trinajstić information content (AvgIpc) is 2.51. The predicted octanol–water partition coefficient (Wildman–Crippen LogP) is 1.18. The van der Waals surface area contributed by atoms with E-state index in [9.17, 15) is 4.79 Å². The van der Waals surface area contributed by atoms with Gasteiger partial charge in [0.2, 0.25) is 5.71 Å². The Kier molecular flexibility index (Phi) is 2.82. The molecule has 1 N–H and O–H groups in total. The molecule has 0 fully saturated rings. The summed E-state index contributed by atoms with van der Waals surface area (Å²) in [5.41, 5.74) is -0.0625. The molecule has 0 saturated heterocycles. The largest absolute Gasteiger partial charge is 0.476 e. The molecule has 1 aromatic heterocycles. The lowest BCUT2D eigenvalue weighted by Gasteiger charge is -1.94. The summed E-state index contributed by atoms with van der Waals surface area (Å²) in [7, 11) is 1.32. The van der Waals surface area contributed by atoms with Crippen LogP contribution < -0.4 is 0 Å². The number of rotatable bonds is 3. The van der Waals surface area contributed by atoms with Gasteiger partial charge < -0.3 is 9.94 Å². The Morgan fingerprint density at radius 2 is 2.50 bits per heavy atom. The maximum Gasteiger partial charge on any atom is 0.359 e. The minimum Gasteiger partial charge on any atom is -0.476 e. The third kappa shape index (κ3) is 1.82. The highest BCUT2D eigenvalue weighted by Crippen LogP contribution is 2.10. The first kappa shape index (κ1) is 8.73. The number of carbonyl (C=O) groups is 1. The van der Waals surface area contributed by atoms with E-state index in [-0.39, 0.29) is 5.71 Å². The van der Waals surface area contributed by atoms with Crippen LogP contribution in [-0.2, 0) is 9.63 Å². The van der Waals surface area contributed by atoms with Crippen LogP contribution in [0.15, 0.2) is 22.7 Å². The van der Waals surface area contributed by atoms with Crippen molar-refractivity contribution in [1.82, 2.24) is 0 Å². The van der Waals surface area contributed by atoms with Gasteiger partial charge in [-0.25, -0.2) is 4.79 Å². The quantitative estimate of drug-likeness (QED) is 0.568. The minimum atomic E-state index is -1.08. The molecule has 0 saturated carbocycles. The molecule has 0 spiro atoms. The maximum atomic E-state index is 10.6. The number of thiophene rings is 1. The first-order chi connectivity index (χ1) is 5.75. The number of hydrogen-bond acceptors (Lipinski definition) is 4. The van der Waals surface area contributed by atoms with Gasteiger partial charge in [-0.2, -0.15) is 0 Å². The van der Waals surface area contributed by atoms with Gasteiger partial charge in [0.25, 0.3) is 0 Å². The fraction of sp³-hybridized carbons (Fsp3) is 0.143. The number of carboxylic acids is 1. The molecule has 0 aromatic carbocycles. The topological polar surface area (TPSA) is 58.9 Å². The molecule has 0 aliphatic carbocycles. The number of oxime groups is 1. The van der Waals surface area contributed by atoms with Crippen molar-refractivity contribution in [3.63, 3.8) is 0 Å².